The third-order valence-corrected chi connectivity index (χ3v) is 6.65. The zero-order valence-electron chi connectivity index (χ0n) is 18.1. The fraction of sp³-hybridized carbons (Fsp3) is 0.400. The van der Waals surface area contributed by atoms with Crippen LogP contribution in [0, 0.1) is 5.41 Å². The number of carbonyl (C=O) groups excluding carboxylic acids is 2. The molecule has 1 saturated carbocycles. The van der Waals surface area contributed by atoms with Crippen LogP contribution in [-0.4, -0.2) is 42.3 Å². The van der Waals surface area contributed by atoms with E-state index in [2.05, 4.69) is 22.8 Å². The van der Waals surface area contributed by atoms with Gasteiger partial charge in [0.2, 0.25) is 5.91 Å². The van der Waals surface area contributed by atoms with Crippen LogP contribution in [0.2, 0.25) is 0 Å². The molecule has 1 atom stereocenters. The summed E-state index contributed by atoms with van der Waals surface area (Å²) in [6, 6.07) is 15.4. The smallest absolute Gasteiger partial charge is 0.407 e. The lowest BCUT2D eigenvalue weighted by Gasteiger charge is -2.41. The van der Waals surface area contributed by atoms with E-state index in [9.17, 15) is 14.4 Å². The predicted molar refractivity (Wildman–Crippen MR) is 119 cm³/mol. The van der Waals surface area contributed by atoms with Crippen molar-refractivity contribution in [2.24, 2.45) is 5.41 Å². The minimum atomic E-state index is -0.858. The van der Waals surface area contributed by atoms with Crippen LogP contribution in [0.5, 0.6) is 0 Å². The molecule has 0 spiro atoms. The summed E-state index contributed by atoms with van der Waals surface area (Å²) in [7, 11) is 0. The number of amides is 2. The van der Waals surface area contributed by atoms with Crippen LogP contribution >= 0.6 is 0 Å². The lowest BCUT2D eigenvalue weighted by Crippen LogP contribution is -2.50. The van der Waals surface area contributed by atoms with Crippen molar-refractivity contribution in [1.29, 1.82) is 0 Å². The molecule has 0 radical (unpaired) electrons. The van der Waals surface area contributed by atoms with Crippen molar-refractivity contribution in [3.8, 4) is 11.1 Å². The molecule has 168 valence electrons. The highest BCUT2D eigenvalue weighted by molar-refractivity contribution is 5.85. The molecule has 4 rings (SSSR count). The SMILES string of the molecule is C[C@H](NC(=O)OCC1c2ccccc2-c2ccccc21)C(=O)NCC1(CC(=O)O)CCC1. The van der Waals surface area contributed by atoms with Crippen molar-refractivity contribution >= 4 is 18.0 Å². The van der Waals surface area contributed by atoms with Crippen LogP contribution in [0.3, 0.4) is 0 Å². The molecule has 7 heteroatoms. The number of alkyl carbamates (subject to hydrolysis) is 1. The van der Waals surface area contributed by atoms with E-state index in [1.54, 1.807) is 6.92 Å². The van der Waals surface area contributed by atoms with E-state index in [1.807, 2.05) is 36.4 Å². The maximum atomic E-state index is 12.4. The Morgan fingerprint density at radius 3 is 2.19 bits per heavy atom. The number of benzene rings is 2. The number of nitrogens with one attached hydrogen (secondary N) is 2. The topological polar surface area (TPSA) is 105 Å². The molecule has 2 aromatic rings. The lowest BCUT2D eigenvalue weighted by atomic mass is 9.66. The molecule has 0 saturated heterocycles. The van der Waals surface area contributed by atoms with E-state index in [0.29, 0.717) is 6.54 Å². The van der Waals surface area contributed by atoms with Gasteiger partial charge < -0.3 is 20.5 Å². The summed E-state index contributed by atoms with van der Waals surface area (Å²) < 4.78 is 5.48. The third kappa shape index (κ3) is 4.47. The number of ether oxygens (including phenoxy) is 1. The Morgan fingerprint density at radius 1 is 1.06 bits per heavy atom. The quantitative estimate of drug-likeness (QED) is 0.586. The molecular formula is C25H28N2O5. The first-order valence-electron chi connectivity index (χ1n) is 11.0. The van der Waals surface area contributed by atoms with Crippen molar-refractivity contribution in [2.45, 2.75) is 44.6 Å². The number of carboxylic acids is 1. The number of hydrogen-bond acceptors (Lipinski definition) is 4. The number of fused-ring (bicyclic) bond motifs is 3. The summed E-state index contributed by atoms with van der Waals surface area (Å²) in [5.74, 6) is -1.26. The number of carboxylic acid groups (broad SMARTS) is 1. The molecule has 0 bridgehead atoms. The van der Waals surface area contributed by atoms with E-state index in [4.69, 9.17) is 9.84 Å². The zero-order valence-corrected chi connectivity index (χ0v) is 18.1. The highest BCUT2D eigenvalue weighted by Crippen LogP contribution is 2.45. The first-order chi connectivity index (χ1) is 15.4. The molecule has 0 heterocycles. The number of rotatable bonds is 8. The van der Waals surface area contributed by atoms with Crippen molar-refractivity contribution in [3.63, 3.8) is 0 Å². The molecule has 0 aliphatic heterocycles. The standard InChI is InChI=1S/C25H28N2O5/c1-16(23(30)26-15-25(11-6-12-25)13-22(28)29)27-24(31)32-14-21-19-9-4-2-7-17(19)18-8-3-5-10-20(18)21/h2-5,7-10,16,21H,6,11-15H2,1H3,(H,26,30)(H,27,31)(H,28,29)/t16-/m0/s1. The average Bonchev–Trinajstić information content (AvgIpc) is 3.07. The van der Waals surface area contributed by atoms with Crippen LogP contribution in [0.25, 0.3) is 11.1 Å². The summed E-state index contributed by atoms with van der Waals surface area (Å²) in [5, 5.41) is 14.5. The first kappa shape index (κ1) is 21.9. The molecule has 3 N–H and O–H groups in total. The highest BCUT2D eigenvalue weighted by Gasteiger charge is 2.39. The van der Waals surface area contributed by atoms with Gasteiger partial charge in [-0.3, -0.25) is 9.59 Å². The minimum Gasteiger partial charge on any atom is -0.481 e. The van der Waals surface area contributed by atoms with Gasteiger partial charge in [0.15, 0.2) is 0 Å². The van der Waals surface area contributed by atoms with Gasteiger partial charge in [0.05, 0.1) is 6.42 Å². The van der Waals surface area contributed by atoms with Gasteiger partial charge in [0, 0.05) is 12.5 Å². The second kappa shape index (κ2) is 9.02. The summed E-state index contributed by atoms with van der Waals surface area (Å²) >= 11 is 0. The second-order valence-corrected chi connectivity index (χ2v) is 8.83. The van der Waals surface area contributed by atoms with Gasteiger partial charge in [-0.2, -0.15) is 0 Å². The van der Waals surface area contributed by atoms with Gasteiger partial charge in [-0.1, -0.05) is 55.0 Å². The Balaban J connectivity index is 1.30. The fourth-order valence-electron chi connectivity index (χ4n) is 4.72. The molecule has 32 heavy (non-hydrogen) atoms. The monoisotopic (exact) mass is 436 g/mol. The zero-order chi connectivity index (χ0) is 22.7. The van der Waals surface area contributed by atoms with E-state index in [-0.39, 0.29) is 30.3 Å². The summed E-state index contributed by atoms with van der Waals surface area (Å²) in [6.07, 6.45) is 1.93. The third-order valence-electron chi connectivity index (χ3n) is 6.65. The molecule has 0 unspecified atom stereocenters. The van der Waals surface area contributed by atoms with Gasteiger partial charge in [0.1, 0.15) is 12.6 Å². The number of carbonyl (C=O) groups is 3. The molecule has 1 fully saturated rings. The van der Waals surface area contributed by atoms with Gasteiger partial charge in [-0.25, -0.2) is 4.79 Å². The van der Waals surface area contributed by atoms with Crippen LogP contribution < -0.4 is 10.6 Å². The Bertz CT molecular complexity index is 985. The Morgan fingerprint density at radius 2 is 1.66 bits per heavy atom. The van der Waals surface area contributed by atoms with E-state index in [0.717, 1.165) is 41.5 Å². The van der Waals surface area contributed by atoms with E-state index < -0.39 is 18.1 Å². The predicted octanol–water partition coefficient (Wildman–Crippen LogP) is 3.67. The van der Waals surface area contributed by atoms with Crippen LogP contribution in [0.4, 0.5) is 4.79 Å². The number of hydrogen-bond donors (Lipinski definition) is 3. The molecule has 2 aliphatic carbocycles. The largest absolute Gasteiger partial charge is 0.481 e. The van der Waals surface area contributed by atoms with Gasteiger partial charge in [-0.15, -0.1) is 0 Å². The van der Waals surface area contributed by atoms with Crippen molar-refractivity contribution in [2.75, 3.05) is 13.2 Å². The molecular weight excluding hydrogens is 408 g/mol. The number of aliphatic carboxylic acids is 1. The Hall–Kier alpha value is -3.35. The molecule has 2 aromatic carbocycles. The van der Waals surface area contributed by atoms with Crippen molar-refractivity contribution in [3.05, 3.63) is 59.7 Å². The van der Waals surface area contributed by atoms with Crippen molar-refractivity contribution in [1.82, 2.24) is 10.6 Å². The first-order valence-corrected chi connectivity index (χ1v) is 11.0. The fourth-order valence-corrected chi connectivity index (χ4v) is 4.72. The average molecular weight is 437 g/mol. The lowest BCUT2D eigenvalue weighted by molar-refractivity contribution is -0.142. The molecule has 7 nitrogen and oxygen atoms in total. The minimum absolute atomic E-state index is 0.0431. The molecule has 2 amide bonds. The van der Waals surface area contributed by atoms with E-state index in [1.165, 1.54) is 0 Å². The van der Waals surface area contributed by atoms with Crippen LogP contribution in [0.1, 0.15) is 49.7 Å². The maximum Gasteiger partial charge on any atom is 0.407 e. The molecule has 0 aromatic heterocycles. The summed E-state index contributed by atoms with van der Waals surface area (Å²) in [6.45, 7) is 2.06. The maximum absolute atomic E-state index is 12.4. The van der Waals surface area contributed by atoms with Crippen molar-refractivity contribution < 1.29 is 24.2 Å². The van der Waals surface area contributed by atoms with Gasteiger partial charge in [-0.05, 0) is 47.4 Å². The van der Waals surface area contributed by atoms with Crippen LogP contribution in [0.15, 0.2) is 48.5 Å². The van der Waals surface area contributed by atoms with Crippen LogP contribution in [-0.2, 0) is 14.3 Å². The normalized spacial score (nSPS) is 16.8. The Labute approximate surface area is 187 Å². The summed E-state index contributed by atoms with van der Waals surface area (Å²) in [5.41, 5.74) is 4.17. The molecule has 2 aliphatic rings. The summed E-state index contributed by atoms with van der Waals surface area (Å²) in [4.78, 5) is 35.9. The highest BCUT2D eigenvalue weighted by atomic mass is 16.5. The van der Waals surface area contributed by atoms with E-state index >= 15 is 0 Å². The Kier molecular flexibility index (Phi) is 6.17. The van der Waals surface area contributed by atoms with Gasteiger partial charge in [0.25, 0.3) is 0 Å². The van der Waals surface area contributed by atoms with Gasteiger partial charge >= 0.3 is 12.1 Å². The second-order valence-electron chi connectivity index (χ2n) is 8.83.